The van der Waals surface area contributed by atoms with Crippen molar-refractivity contribution in [1.82, 2.24) is 4.57 Å². The molecule has 1 aliphatic rings. The maximum atomic E-state index is 2.35. The maximum absolute atomic E-state index is 2.35. The van der Waals surface area contributed by atoms with Gasteiger partial charge in [-0.2, -0.15) is 0 Å². The molecular weight excluding hydrogens is 326 g/mol. The summed E-state index contributed by atoms with van der Waals surface area (Å²) in [5.41, 5.74) is 9.02. The Hall–Kier alpha value is -3.58. The van der Waals surface area contributed by atoms with Gasteiger partial charge in [0.2, 0.25) is 0 Å². The van der Waals surface area contributed by atoms with Crippen LogP contribution in [0.25, 0.3) is 44.7 Å². The van der Waals surface area contributed by atoms with Crippen molar-refractivity contribution >= 4 is 33.6 Å². The van der Waals surface area contributed by atoms with Crippen molar-refractivity contribution in [3.8, 4) is 11.1 Å². The molecule has 0 unspecified atom stereocenters. The van der Waals surface area contributed by atoms with Crippen LogP contribution in [-0.2, 0) is 0 Å². The number of benzene rings is 4. The molecule has 0 spiro atoms. The summed E-state index contributed by atoms with van der Waals surface area (Å²) in [4.78, 5) is 0. The van der Waals surface area contributed by atoms with Crippen LogP contribution in [0.2, 0.25) is 0 Å². The molecule has 1 heterocycles. The lowest BCUT2D eigenvalue weighted by molar-refractivity contribution is 1.29. The minimum absolute atomic E-state index is 1.24. The van der Waals surface area contributed by atoms with E-state index in [1.54, 1.807) is 0 Å². The zero-order valence-electron chi connectivity index (χ0n) is 14.8. The summed E-state index contributed by atoms with van der Waals surface area (Å²) in [7, 11) is 0. The van der Waals surface area contributed by atoms with E-state index in [4.69, 9.17) is 0 Å². The zero-order valence-corrected chi connectivity index (χ0v) is 14.8. The summed E-state index contributed by atoms with van der Waals surface area (Å²) >= 11 is 0. The normalized spacial score (nSPS) is 12.4. The van der Waals surface area contributed by atoms with Gasteiger partial charge in [-0.1, -0.05) is 84.9 Å². The number of hydrogen-bond donors (Lipinski definition) is 0. The quantitative estimate of drug-likeness (QED) is 0.309. The average molecular weight is 343 g/mol. The number of fused-ring (bicyclic) bond motifs is 6. The van der Waals surface area contributed by atoms with Gasteiger partial charge in [-0.15, -0.1) is 0 Å². The molecule has 1 aromatic heterocycles. The van der Waals surface area contributed by atoms with E-state index >= 15 is 0 Å². The molecule has 27 heavy (non-hydrogen) atoms. The largest absolute Gasteiger partial charge is 0.315 e. The van der Waals surface area contributed by atoms with E-state index in [1.165, 1.54) is 49.6 Å². The fourth-order valence-electron chi connectivity index (χ4n) is 4.41. The molecule has 1 nitrogen and oxygen atoms in total. The van der Waals surface area contributed by atoms with Crippen molar-refractivity contribution in [2.75, 3.05) is 0 Å². The predicted molar refractivity (Wildman–Crippen MR) is 115 cm³/mol. The van der Waals surface area contributed by atoms with E-state index < -0.39 is 0 Å². The number of aromatic nitrogens is 1. The highest BCUT2D eigenvalue weighted by Crippen LogP contribution is 2.44. The highest BCUT2D eigenvalue weighted by Gasteiger charge is 2.23. The molecule has 0 saturated carbocycles. The third-order valence-electron chi connectivity index (χ3n) is 5.60. The van der Waals surface area contributed by atoms with Gasteiger partial charge in [-0.05, 0) is 34.4 Å². The number of nitrogens with zero attached hydrogens (tertiary/aromatic N) is 1. The van der Waals surface area contributed by atoms with Crippen molar-refractivity contribution in [1.29, 1.82) is 0 Å². The molecule has 0 atom stereocenters. The molecule has 126 valence electrons. The first-order valence-corrected chi connectivity index (χ1v) is 9.30. The monoisotopic (exact) mass is 343 g/mol. The summed E-state index contributed by atoms with van der Waals surface area (Å²) in [5.74, 6) is 0. The first kappa shape index (κ1) is 14.6. The van der Waals surface area contributed by atoms with Gasteiger partial charge < -0.3 is 4.57 Å². The van der Waals surface area contributed by atoms with Gasteiger partial charge in [0, 0.05) is 22.5 Å². The summed E-state index contributed by atoms with van der Waals surface area (Å²) in [5, 5.41) is 2.59. The van der Waals surface area contributed by atoms with Gasteiger partial charge in [0.1, 0.15) is 0 Å². The molecule has 0 fully saturated rings. The lowest BCUT2D eigenvalue weighted by Crippen LogP contribution is -1.90. The summed E-state index contributed by atoms with van der Waals surface area (Å²) in [6.45, 7) is 0. The van der Waals surface area contributed by atoms with Crippen LogP contribution >= 0.6 is 0 Å². The fraction of sp³-hybridized carbons (Fsp3) is 0. The van der Waals surface area contributed by atoms with Crippen molar-refractivity contribution in [3.63, 3.8) is 0 Å². The highest BCUT2D eigenvalue weighted by molar-refractivity contribution is 6.12. The highest BCUT2D eigenvalue weighted by atomic mass is 15.0. The molecule has 0 aliphatic heterocycles. The van der Waals surface area contributed by atoms with Gasteiger partial charge in [-0.3, -0.25) is 0 Å². The summed E-state index contributed by atoms with van der Waals surface area (Å²) in [6, 6.07) is 34.7. The number of hydrogen-bond acceptors (Lipinski definition) is 0. The van der Waals surface area contributed by atoms with Crippen LogP contribution < -0.4 is 0 Å². The number of para-hydroxylation sites is 2. The van der Waals surface area contributed by atoms with Crippen LogP contribution in [0.4, 0.5) is 0 Å². The molecule has 1 aliphatic carbocycles. The van der Waals surface area contributed by atoms with Gasteiger partial charge in [0.15, 0.2) is 0 Å². The van der Waals surface area contributed by atoms with Gasteiger partial charge in [-0.25, -0.2) is 0 Å². The molecule has 4 aromatic carbocycles. The van der Waals surface area contributed by atoms with E-state index in [1.807, 2.05) is 0 Å². The van der Waals surface area contributed by atoms with Crippen LogP contribution in [0.15, 0.2) is 97.1 Å². The Morgan fingerprint density at radius 1 is 0.444 bits per heavy atom. The van der Waals surface area contributed by atoms with Gasteiger partial charge in [0.25, 0.3) is 0 Å². The zero-order chi connectivity index (χ0) is 17.8. The topological polar surface area (TPSA) is 4.93 Å². The molecule has 0 saturated heterocycles. The van der Waals surface area contributed by atoms with Gasteiger partial charge >= 0.3 is 0 Å². The molecule has 5 aromatic rings. The second-order valence-electron chi connectivity index (χ2n) is 7.04. The molecule has 1 heteroatoms. The molecule has 6 rings (SSSR count). The molecule has 0 radical (unpaired) electrons. The Labute approximate surface area is 157 Å². The van der Waals surface area contributed by atoms with E-state index in [-0.39, 0.29) is 0 Å². The maximum Gasteiger partial charge on any atom is 0.0535 e. The second kappa shape index (κ2) is 5.46. The first-order chi connectivity index (χ1) is 13.4. The Bertz CT molecular complexity index is 1270. The molecule has 0 N–H and O–H groups in total. The standard InChI is InChI=1S/C26H17N/c1-3-11-20-18(9-1)19-10-2-4-12-21(19)24(20)17-27-25-15-7-5-13-22(25)23-14-6-8-16-26(23)27/h1-17H. The van der Waals surface area contributed by atoms with Crippen molar-refractivity contribution in [3.05, 3.63) is 108 Å². The minimum Gasteiger partial charge on any atom is -0.315 e. The fourth-order valence-corrected chi connectivity index (χ4v) is 4.41. The van der Waals surface area contributed by atoms with Crippen LogP contribution in [0.3, 0.4) is 0 Å². The van der Waals surface area contributed by atoms with Crippen molar-refractivity contribution in [2.45, 2.75) is 0 Å². The van der Waals surface area contributed by atoms with Crippen LogP contribution in [-0.4, -0.2) is 4.57 Å². The predicted octanol–water partition coefficient (Wildman–Crippen LogP) is 6.82. The summed E-state index contributed by atoms with van der Waals surface area (Å²) < 4.78 is 2.35. The Kier molecular flexibility index (Phi) is 2.95. The van der Waals surface area contributed by atoms with E-state index in [0.29, 0.717) is 0 Å². The van der Waals surface area contributed by atoms with Gasteiger partial charge in [0.05, 0.1) is 11.0 Å². The summed E-state index contributed by atoms with van der Waals surface area (Å²) in [6.07, 6.45) is 2.31. The third kappa shape index (κ3) is 2.00. The Morgan fingerprint density at radius 3 is 1.37 bits per heavy atom. The average Bonchev–Trinajstić information content (AvgIpc) is 3.23. The minimum atomic E-state index is 1.24. The lowest BCUT2D eigenvalue weighted by atomic mass is 10.1. The Morgan fingerprint density at radius 2 is 0.852 bits per heavy atom. The molecular formula is C26H17N. The third-order valence-corrected chi connectivity index (χ3v) is 5.60. The molecule has 0 amide bonds. The second-order valence-corrected chi connectivity index (χ2v) is 7.04. The van der Waals surface area contributed by atoms with Crippen LogP contribution in [0, 0.1) is 0 Å². The first-order valence-electron chi connectivity index (χ1n) is 9.30. The molecule has 0 bridgehead atoms. The van der Waals surface area contributed by atoms with E-state index in [0.717, 1.165) is 0 Å². The van der Waals surface area contributed by atoms with E-state index in [2.05, 4.69) is 108 Å². The SMILES string of the molecule is C(=C1c2ccccc2-c2ccccc21)n1c2ccccc2c2ccccc21. The Balaban J connectivity index is 1.73. The smallest absolute Gasteiger partial charge is 0.0535 e. The van der Waals surface area contributed by atoms with Crippen LogP contribution in [0.1, 0.15) is 11.1 Å². The van der Waals surface area contributed by atoms with Crippen LogP contribution in [0.5, 0.6) is 0 Å². The van der Waals surface area contributed by atoms with Crippen molar-refractivity contribution < 1.29 is 0 Å². The lowest BCUT2D eigenvalue weighted by Gasteiger charge is -2.06. The van der Waals surface area contributed by atoms with Crippen molar-refractivity contribution in [2.24, 2.45) is 0 Å². The number of rotatable bonds is 1. The van der Waals surface area contributed by atoms with E-state index in [9.17, 15) is 0 Å².